The number of rotatable bonds is 12. The van der Waals surface area contributed by atoms with Crippen LogP contribution < -0.4 is 29.0 Å². The summed E-state index contributed by atoms with van der Waals surface area (Å²) < 4.78 is 28.2. The monoisotopic (exact) mass is 773 g/mol. The SMILES string of the molecule is CC(Cc1ccc2c(c1)OC(C(=O)Oc1cc(Cl)ccc1Cl)(C(=O)Oc1cc(Cl)ccc1Cl)O2)NCC(O)COc1cc(Cl)ccc1Cl. The van der Waals surface area contributed by atoms with E-state index in [1.807, 2.05) is 6.92 Å². The summed E-state index contributed by atoms with van der Waals surface area (Å²) >= 11 is 36.6. The maximum Gasteiger partial charge on any atom is 0.454 e. The summed E-state index contributed by atoms with van der Waals surface area (Å²) in [4.78, 5) is 27.3. The van der Waals surface area contributed by atoms with Crippen LogP contribution in [0.2, 0.25) is 30.1 Å². The lowest BCUT2D eigenvalue weighted by Gasteiger charge is -2.23. The lowest BCUT2D eigenvalue weighted by molar-refractivity contribution is -0.190. The number of carbonyl (C=O) groups excluding carboxylic acids is 2. The second kappa shape index (κ2) is 15.6. The van der Waals surface area contributed by atoms with Crippen molar-refractivity contribution in [3.8, 4) is 28.7 Å². The maximum absolute atomic E-state index is 13.7. The highest BCUT2D eigenvalue weighted by atomic mass is 35.5. The minimum Gasteiger partial charge on any atom is -0.489 e. The van der Waals surface area contributed by atoms with Crippen LogP contribution in [0.5, 0.6) is 28.7 Å². The molecule has 15 heteroatoms. The summed E-state index contributed by atoms with van der Waals surface area (Å²) in [5.74, 6) is -5.13. The van der Waals surface area contributed by atoms with Crippen molar-refractivity contribution in [2.24, 2.45) is 0 Å². The summed E-state index contributed by atoms with van der Waals surface area (Å²) in [7, 11) is 0. The second-order valence-corrected chi connectivity index (χ2v) is 13.1. The van der Waals surface area contributed by atoms with Gasteiger partial charge in [0, 0.05) is 45.9 Å². The van der Waals surface area contributed by atoms with Crippen LogP contribution in [-0.2, 0) is 16.0 Å². The van der Waals surface area contributed by atoms with E-state index in [-0.39, 0.29) is 62.3 Å². The Balaban J connectivity index is 1.28. The molecule has 0 saturated carbocycles. The Kier molecular flexibility index (Phi) is 11.8. The topological polar surface area (TPSA) is 113 Å². The highest BCUT2D eigenvalue weighted by Crippen LogP contribution is 2.43. The van der Waals surface area contributed by atoms with Crippen molar-refractivity contribution < 1.29 is 38.4 Å². The summed E-state index contributed by atoms with van der Waals surface area (Å²) in [6, 6.07) is 17.9. The van der Waals surface area contributed by atoms with Crippen LogP contribution >= 0.6 is 69.6 Å². The van der Waals surface area contributed by atoms with Crippen LogP contribution in [-0.4, -0.2) is 48.1 Å². The molecule has 2 unspecified atom stereocenters. The first-order valence-corrected chi connectivity index (χ1v) is 16.4. The Labute approximate surface area is 305 Å². The first kappa shape index (κ1) is 36.2. The van der Waals surface area contributed by atoms with Crippen molar-refractivity contribution in [2.45, 2.75) is 31.3 Å². The molecule has 0 radical (unpaired) electrons. The van der Waals surface area contributed by atoms with Crippen LogP contribution in [0.1, 0.15) is 12.5 Å². The highest BCUT2D eigenvalue weighted by Gasteiger charge is 2.60. The average Bonchev–Trinajstić information content (AvgIpc) is 3.44. The zero-order valence-electron chi connectivity index (χ0n) is 24.8. The Morgan fingerprint density at radius 3 is 1.79 bits per heavy atom. The number of esters is 2. The minimum atomic E-state index is -2.75. The molecule has 0 bridgehead atoms. The van der Waals surface area contributed by atoms with E-state index in [0.717, 1.165) is 5.56 Å². The van der Waals surface area contributed by atoms with Crippen molar-refractivity contribution in [3.63, 3.8) is 0 Å². The molecule has 0 fully saturated rings. The first-order chi connectivity index (χ1) is 22.8. The third-order valence-corrected chi connectivity index (χ3v) is 8.46. The molecule has 0 aromatic heterocycles. The third-order valence-electron chi connectivity index (χ3n) is 6.81. The molecule has 48 heavy (non-hydrogen) atoms. The summed E-state index contributed by atoms with van der Waals surface area (Å²) in [5.41, 5.74) is 0.752. The minimum absolute atomic E-state index is 0.0150. The van der Waals surface area contributed by atoms with E-state index >= 15 is 0 Å². The van der Waals surface area contributed by atoms with Crippen molar-refractivity contribution in [2.75, 3.05) is 13.2 Å². The first-order valence-electron chi connectivity index (χ1n) is 14.2. The number of hydrogen-bond acceptors (Lipinski definition) is 9. The number of fused-ring (bicyclic) bond motifs is 1. The van der Waals surface area contributed by atoms with Gasteiger partial charge in [-0.05, 0) is 67.4 Å². The number of carbonyl (C=O) groups is 2. The molecule has 4 aromatic rings. The van der Waals surface area contributed by atoms with Crippen LogP contribution in [0.3, 0.4) is 0 Å². The van der Waals surface area contributed by atoms with E-state index in [4.69, 9.17) is 93.3 Å². The third kappa shape index (κ3) is 8.72. The van der Waals surface area contributed by atoms with Crippen molar-refractivity contribution in [1.29, 1.82) is 0 Å². The van der Waals surface area contributed by atoms with Crippen LogP contribution in [0.25, 0.3) is 0 Å². The molecule has 0 spiro atoms. The fourth-order valence-corrected chi connectivity index (χ4v) is 5.44. The summed E-state index contributed by atoms with van der Waals surface area (Å²) in [6.45, 7) is 2.11. The van der Waals surface area contributed by atoms with Crippen LogP contribution in [0, 0.1) is 0 Å². The van der Waals surface area contributed by atoms with Gasteiger partial charge in [0.1, 0.15) is 18.5 Å². The molecule has 1 aliphatic heterocycles. The summed E-state index contributed by atoms with van der Waals surface area (Å²) in [6.07, 6.45) is -0.388. The highest BCUT2D eigenvalue weighted by molar-refractivity contribution is 6.35. The van der Waals surface area contributed by atoms with Gasteiger partial charge in [0.05, 0.1) is 15.1 Å². The number of aliphatic hydroxyl groups is 1. The van der Waals surface area contributed by atoms with Gasteiger partial charge in [-0.25, -0.2) is 9.59 Å². The van der Waals surface area contributed by atoms with Gasteiger partial charge in [0.15, 0.2) is 23.0 Å². The van der Waals surface area contributed by atoms with E-state index in [9.17, 15) is 14.7 Å². The Morgan fingerprint density at radius 2 is 1.23 bits per heavy atom. The predicted molar refractivity (Wildman–Crippen MR) is 184 cm³/mol. The largest absolute Gasteiger partial charge is 0.489 e. The number of ether oxygens (including phenoxy) is 5. The summed E-state index contributed by atoms with van der Waals surface area (Å²) in [5, 5.41) is 15.0. The normalized spacial score (nSPS) is 14.2. The predicted octanol–water partition coefficient (Wildman–Crippen LogP) is 8.25. The fraction of sp³-hybridized carbons (Fsp3) is 0.212. The number of aliphatic hydroxyl groups excluding tert-OH is 1. The molecule has 1 heterocycles. The van der Waals surface area contributed by atoms with Gasteiger partial charge >= 0.3 is 17.7 Å². The van der Waals surface area contributed by atoms with Crippen molar-refractivity contribution in [1.82, 2.24) is 5.32 Å². The molecule has 0 amide bonds. The molecule has 2 N–H and O–H groups in total. The van der Waals surface area contributed by atoms with Gasteiger partial charge in [-0.3, -0.25) is 0 Å². The molecule has 2 atom stereocenters. The number of hydrogen-bond donors (Lipinski definition) is 2. The zero-order chi connectivity index (χ0) is 34.6. The number of nitrogens with one attached hydrogen (secondary N) is 1. The molecule has 1 aliphatic rings. The van der Waals surface area contributed by atoms with Gasteiger partial charge in [0.2, 0.25) is 0 Å². The molecule has 0 aliphatic carbocycles. The van der Waals surface area contributed by atoms with Crippen LogP contribution in [0.4, 0.5) is 0 Å². The lowest BCUT2D eigenvalue weighted by atomic mass is 10.1. The molecule has 0 saturated heterocycles. The zero-order valence-corrected chi connectivity index (χ0v) is 29.3. The van der Waals surface area contributed by atoms with Gasteiger partial charge in [-0.1, -0.05) is 75.7 Å². The fourth-order valence-electron chi connectivity index (χ4n) is 4.46. The quantitative estimate of drug-likeness (QED) is 0.0835. The van der Waals surface area contributed by atoms with E-state index in [2.05, 4.69) is 5.32 Å². The Hall–Kier alpha value is -3.12. The van der Waals surface area contributed by atoms with Crippen LogP contribution in [0.15, 0.2) is 72.8 Å². The molecular formula is C33H25Cl6NO8. The molecular weight excluding hydrogens is 751 g/mol. The van der Waals surface area contributed by atoms with Gasteiger partial charge in [-0.15, -0.1) is 0 Å². The Bertz CT molecular complexity index is 1770. The Morgan fingerprint density at radius 1 is 0.729 bits per heavy atom. The van der Waals surface area contributed by atoms with E-state index < -0.39 is 23.8 Å². The average molecular weight is 776 g/mol. The molecule has 9 nitrogen and oxygen atoms in total. The van der Waals surface area contributed by atoms with Gasteiger partial charge < -0.3 is 34.1 Å². The lowest BCUT2D eigenvalue weighted by Crippen LogP contribution is -2.58. The van der Waals surface area contributed by atoms with E-state index in [1.54, 1.807) is 30.3 Å². The number of halogens is 6. The smallest absolute Gasteiger partial charge is 0.454 e. The van der Waals surface area contributed by atoms with Crippen molar-refractivity contribution >= 4 is 81.5 Å². The second-order valence-electron chi connectivity index (χ2n) is 10.6. The maximum atomic E-state index is 13.7. The van der Waals surface area contributed by atoms with Gasteiger partial charge in [0.25, 0.3) is 0 Å². The standard InChI is InChI=1S/C33H25Cl6NO8/c1-17(40-15-22(41)16-44-27-12-19(34)3-6-23(27)37)10-18-2-9-26-30(11-18)48-33(47-26,31(42)45-28-13-20(35)4-7-24(28)38)32(43)46-29-14-21(36)5-8-25(29)39/h2-9,11-14,17,22,40-41H,10,15-16H2,1H3. The van der Waals surface area contributed by atoms with Gasteiger partial charge in [-0.2, -0.15) is 0 Å². The molecule has 5 rings (SSSR count). The molecule has 4 aromatic carbocycles. The molecule has 252 valence electrons. The number of benzene rings is 4. The van der Waals surface area contributed by atoms with Crippen molar-refractivity contribution in [3.05, 3.63) is 108 Å². The van der Waals surface area contributed by atoms with E-state index in [0.29, 0.717) is 22.2 Å². The van der Waals surface area contributed by atoms with E-state index in [1.165, 1.54) is 42.5 Å².